The fraction of sp³-hybridized carbons (Fsp3) is 0.483. The lowest BCUT2D eigenvalue weighted by atomic mass is 9.88. The second-order valence-electron chi connectivity index (χ2n) is 10.2. The van der Waals surface area contributed by atoms with Crippen LogP contribution in [0.5, 0.6) is 0 Å². The molecule has 2 aliphatic carbocycles. The van der Waals surface area contributed by atoms with Crippen LogP contribution in [0.25, 0.3) is 16.6 Å². The van der Waals surface area contributed by atoms with E-state index >= 15 is 0 Å². The third-order valence-corrected chi connectivity index (χ3v) is 9.04. The second kappa shape index (κ2) is 11.4. The van der Waals surface area contributed by atoms with Gasteiger partial charge in [0.05, 0.1) is 22.3 Å². The molecule has 1 amide bonds. The summed E-state index contributed by atoms with van der Waals surface area (Å²) in [6, 6.07) is 13.7. The highest BCUT2D eigenvalue weighted by atomic mass is 35.5. The standard InChI is InChI=1S/C29H34ClN3O2S/c1-20-16-17-23(18-25(20)30)33-28(35)24-14-8-9-15-26(24)31-29(33)36-19-27(34)32(21-10-4-2-5-11-21)22-12-6-3-7-13-22/h8-9,14-18,21-22H,2-7,10-13,19H2,1H3. The first-order chi connectivity index (χ1) is 17.5. The van der Waals surface area contributed by atoms with Crippen molar-refractivity contribution in [2.75, 3.05) is 5.75 Å². The first-order valence-electron chi connectivity index (χ1n) is 13.2. The molecule has 36 heavy (non-hydrogen) atoms. The molecule has 0 atom stereocenters. The molecule has 5 rings (SSSR count). The van der Waals surface area contributed by atoms with E-state index in [0.29, 0.717) is 38.9 Å². The third-order valence-electron chi connectivity index (χ3n) is 7.71. The highest BCUT2D eigenvalue weighted by molar-refractivity contribution is 7.99. The smallest absolute Gasteiger partial charge is 0.266 e. The summed E-state index contributed by atoms with van der Waals surface area (Å²) in [5, 5.41) is 1.68. The van der Waals surface area contributed by atoms with Crippen molar-refractivity contribution < 1.29 is 4.79 Å². The molecule has 2 fully saturated rings. The fourth-order valence-corrected chi connectivity index (χ4v) is 6.84. The van der Waals surface area contributed by atoms with Crippen LogP contribution in [0.1, 0.15) is 69.8 Å². The van der Waals surface area contributed by atoms with Gasteiger partial charge >= 0.3 is 0 Å². The van der Waals surface area contributed by atoms with Gasteiger partial charge in [-0.05, 0) is 62.4 Å². The minimum Gasteiger partial charge on any atom is -0.336 e. The number of nitrogens with zero attached hydrogens (tertiary/aromatic N) is 3. The monoisotopic (exact) mass is 523 g/mol. The summed E-state index contributed by atoms with van der Waals surface area (Å²) < 4.78 is 1.61. The second-order valence-corrected chi connectivity index (χ2v) is 11.5. The zero-order valence-electron chi connectivity index (χ0n) is 20.9. The van der Waals surface area contributed by atoms with Crippen molar-refractivity contribution in [3.8, 4) is 5.69 Å². The van der Waals surface area contributed by atoms with Crippen molar-refractivity contribution >= 4 is 40.2 Å². The van der Waals surface area contributed by atoms with Crippen molar-refractivity contribution in [2.24, 2.45) is 0 Å². The molecular formula is C29H34ClN3O2S. The number of benzene rings is 2. The number of rotatable bonds is 6. The van der Waals surface area contributed by atoms with E-state index in [1.54, 1.807) is 16.7 Å². The Morgan fingerprint density at radius 3 is 2.28 bits per heavy atom. The molecule has 3 aromatic rings. The Hall–Kier alpha value is -2.31. The molecule has 2 aliphatic rings. The average molecular weight is 524 g/mol. The van der Waals surface area contributed by atoms with E-state index in [0.717, 1.165) is 31.2 Å². The first-order valence-corrected chi connectivity index (χ1v) is 14.6. The van der Waals surface area contributed by atoms with Gasteiger partial charge in [-0.1, -0.05) is 80.1 Å². The Kier molecular flexibility index (Phi) is 8.02. The predicted molar refractivity (Wildman–Crippen MR) is 148 cm³/mol. The summed E-state index contributed by atoms with van der Waals surface area (Å²) in [6.07, 6.45) is 11.8. The number of fused-ring (bicyclic) bond motifs is 1. The van der Waals surface area contributed by atoms with Gasteiger partial charge in [0, 0.05) is 17.1 Å². The maximum atomic E-state index is 13.8. The molecule has 0 saturated heterocycles. The summed E-state index contributed by atoms with van der Waals surface area (Å²) in [5.74, 6) is 0.451. The fourth-order valence-electron chi connectivity index (χ4n) is 5.78. The van der Waals surface area contributed by atoms with Crippen LogP contribution >= 0.6 is 23.4 Å². The number of aromatic nitrogens is 2. The van der Waals surface area contributed by atoms with Crippen LogP contribution in [-0.2, 0) is 4.79 Å². The van der Waals surface area contributed by atoms with Crippen LogP contribution in [-0.4, -0.2) is 38.2 Å². The van der Waals surface area contributed by atoms with Crippen LogP contribution in [0.2, 0.25) is 5.02 Å². The molecular weight excluding hydrogens is 490 g/mol. The van der Waals surface area contributed by atoms with Gasteiger partial charge in [-0.2, -0.15) is 0 Å². The molecule has 1 aromatic heterocycles. The number of carbonyl (C=O) groups excluding carboxylic acids is 1. The molecule has 0 radical (unpaired) electrons. The average Bonchev–Trinajstić information content (AvgIpc) is 2.91. The Balaban J connectivity index is 1.47. The molecule has 7 heteroatoms. The summed E-state index contributed by atoms with van der Waals surface area (Å²) in [6.45, 7) is 1.94. The lowest BCUT2D eigenvalue weighted by Crippen LogP contribution is -2.49. The van der Waals surface area contributed by atoms with Gasteiger partial charge in [0.2, 0.25) is 5.91 Å². The van der Waals surface area contributed by atoms with Crippen LogP contribution in [0, 0.1) is 6.92 Å². The molecule has 0 N–H and O–H groups in total. The predicted octanol–water partition coefficient (Wildman–Crippen LogP) is 6.93. The number of aryl methyl sites for hydroxylation is 1. The zero-order chi connectivity index (χ0) is 25.1. The van der Waals surface area contributed by atoms with E-state index in [-0.39, 0.29) is 17.2 Å². The normalized spacial score (nSPS) is 17.4. The van der Waals surface area contributed by atoms with E-state index in [1.165, 1.54) is 50.3 Å². The highest BCUT2D eigenvalue weighted by Crippen LogP contribution is 2.32. The molecule has 1 heterocycles. The van der Waals surface area contributed by atoms with Gasteiger partial charge in [0.25, 0.3) is 5.56 Å². The summed E-state index contributed by atoms with van der Waals surface area (Å²) in [5.41, 5.74) is 2.11. The molecule has 0 spiro atoms. The number of hydrogen-bond acceptors (Lipinski definition) is 4. The minimum absolute atomic E-state index is 0.146. The van der Waals surface area contributed by atoms with Crippen LogP contribution in [0.3, 0.4) is 0 Å². The quantitative estimate of drug-likeness (QED) is 0.259. The first kappa shape index (κ1) is 25.3. The van der Waals surface area contributed by atoms with Crippen molar-refractivity contribution in [2.45, 2.75) is 88.4 Å². The minimum atomic E-state index is -0.146. The number of para-hydroxylation sites is 1. The van der Waals surface area contributed by atoms with Crippen LogP contribution in [0.15, 0.2) is 52.4 Å². The SMILES string of the molecule is Cc1ccc(-n2c(SCC(=O)N(C3CCCCC3)C3CCCCC3)nc3ccccc3c2=O)cc1Cl. The van der Waals surface area contributed by atoms with Gasteiger partial charge < -0.3 is 4.90 Å². The Morgan fingerprint density at radius 1 is 1.00 bits per heavy atom. The molecule has 190 valence electrons. The van der Waals surface area contributed by atoms with Gasteiger partial charge in [-0.25, -0.2) is 4.98 Å². The molecule has 0 aliphatic heterocycles. The largest absolute Gasteiger partial charge is 0.336 e. The molecule has 0 bridgehead atoms. The lowest BCUT2D eigenvalue weighted by molar-refractivity contribution is -0.135. The molecule has 2 saturated carbocycles. The van der Waals surface area contributed by atoms with Crippen molar-refractivity contribution in [3.05, 3.63) is 63.4 Å². The van der Waals surface area contributed by atoms with Crippen LogP contribution < -0.4 is 5.56 Å². The maximum absolute atomic E-state index is 13.8. The number of thioether (sulfide) groups is 1. The number of hydrogen-bond donors (Lipinski definition) is 0. The zero-order valence-corrected chi connectivity index (χ0v) is 22.5. The number of carbonyl (C=O) groups is 1. The Labute approximate surface area is 222 Å². The van der Waals surface area contributed by atoms with Gasteiger partial charge in [-0.15, -0.1) is 0 Å². The van der Waals surface area contributed by atoms with E-state index in [1.807, 2.05) is 37.3 Å². The topological polar surface area (TPSA) is 55.2 Å². The van der Waals surface area contributed by atoms with Crippen molar-refractivity contribution in [1.29, 1.82) is 0 Å². The summed E-state index contributed by atoms with van der Waals surface area (Å²) in [7, 11) is 0. The van der Waals surface area contributed by atoms with E-state index in [2.05, 4.69) is 4.90 Å². The van der Waals surface area contributed by atoms with E-state index in [9.17, 15) is 9.59 Å². The number of halogens is 1. The van der Waals surface area contributed by atoms with E-state index < -0.39 is 0 Å². The Bertz CT molecular complexity index is 1280. The van der Waals surface area contributed by atoms with E-state index in [4.69, 9.17) is 16.6 Å². The molecule has 5 nitrogen and oxygen atoms in total. The lowest BCUT2D eigenvalue weighted by Gasteiger charge is -2.41. The third kappa shape index (κ3) is 5.35. The van der Waals surface area contributed by atoms with Crippen LogP contribution in [0.4, 0.5) is 0 Å². The molecule has 2 aromatic carbocycles. The number of amides is 1. The summed E-state index contributed by atoms with van der Waals surface area (Å²) in [4.78, 5) is 34.4. The van der Waals surface area contributed by atoms with Crippen molar-refractivity contribution in [3.63, 3.8) is 0 Å². The molecule has 0 unspecified atom stereocenters. The highest BCUT2D eigenvalue weighted by Gasteiger charge is 2.32. The summed E-state index contributed by atoms with van der Waals surface area (Å²) >= 11 is 7.79. The Morgan fingerprint density at radius 2 is 1.64 bits per heavy atom. The van der Waals surface area contributed by atoms with Gasteiger partial charge in [0.15, 0.2) is 5.16 Å². The van der Waals surface area contributed by atoms with Crippen molar-refractivity contribution in [1.82, 2.24) is 14.5 Å². The maximum Gasteiger partial charge on any atom is 0.266 e. The van der Waals surface area contributed by atoms with Gasteiger partial charge in [-0.3, -0.25) is 14.2 Å². The van der Waals surface area contributed by atoms with Gasteiger partial charge in [0.1, 0.15) is 0 Å².